The molecule has 96 valence electrons. The van der Waals surface area contributed by atoms with Gasteiger partial charge in [-0.05, 0) is 49.7 Å². The van der Waals surface area contributed by atoms with Crippen molar-refractivity contribution in [1.29, 1.82) is 0 Å². The molecule has 2 rings (SSSR count). The van der Waals surface area contributed by atoms with Crippen molar-refractivity contribution in [3.8, 4) is 0 Å². The molecule has 0 radical (unpaired) electrons. The third-order valence-electron chi connectivity index (χ3n) is 3.16. The molecule has 1 aromatic carbocycles. The number of hydrogen-bond acceptors (Lipinski definition) is 2. The Morgan fingerprint density at radius 1 is 1.22 bits per heavy atom. The first kappa shape index (κ1) is 12.8. The Morgan fingerprint density at radius 2 is 2.00 bits per heavy atom. The number of benzene rings is 1. The van der Waals surface area contributed by atoms with E-state index in [0.29, 0.717) is 0 Å². The first-order valence-electron chi connectivity index (χ1n) is 6.17. The second-order valence-electron chi connectivity index (χ2n) is 4.42. The zero-order chi connectivity index (χ0) is 13.1. The Balaban J connectivity index is 2.45. The van der Waals surface area contributed by atoms with Gasteiger partial charge in [0.15, 0.2) is 0 Å². The maximum Gasteiger partial charge on any atom is 0.123 e. The first-order chi connectivity index (χ1) is 8.63. The van der Waals surface area contributed by atoms with Gasteiger partial charge in [-0.1, -0.05) is 13.0 Å². The molecule has 1 aromatic heterocycles. The number of rotatable bonds is 4. The normalized spacial score (nSPS) is 12.7. The fourth-order valence-corrected chi connectivity index (χ4v) is 2.25. The van der Waals surface area contributed by atoms with Crippen molar-refractivity contribution in [1.82, 2.24) is 5.32 Å². The summed E-state index contributed by atoms with van der Waals surface area (Å²) in [5.74, 6) is 0.695. The van der Waals surface area contributed by atoms with Crippen molar-refractivity contribution < 1.29 is 8.81 Å². The van der Waals surface area contributed by atoms with Crippen LogP contribution in [0.25, 0.3) is 0 Å². The fraction of sp³-hybridized carbons (Fsp3) is 0.333. The number of aryl methyl sites for hydroxylation is 2. The van der Waals surface area contributed by atoms with Gasteiger partial charge in [0.25, 0.3) is 0 Å². The summed E-state index contributed by atoms with van der Waals surface area (Å²) in [6.45, 7) is 6.77. The predicted molar refractivity (Wildman–Crippen MR) is 70.1 cm³/mol. The Kier molecular flexibility index (Phi) is 3.82. The zero-order valence-corrected chi connectivity index (χ0v) is 11.0. The molecule has 0 saturated heterocycles. The van der Waals surface area contributed by atoms with Crippen LogP contribution in [0.15, 0.2) is 34.9 Å². The molecule has 1 atom stereocenters. The van der Waals surface area contributed by atoms with Gasteiger partial charge in [-0.25, -0.2) is 4.39 Å². The van der Waals surface area contributed by atoms with Crippen molar-refractivity contribution in [3.63, 3.8) is 0 Å². The van der Waals surface area contributed by atoms with Gasteiger partial charge in [-0.2, -0.15) is 0 Å². The molecule has 0 amide bonds. The van der Waals surface area contributed by atoms with Crippen LogP contribution in [0.2, 0.25) is 0 Å². The maximum atomic E-state index is 13.2. The van der Waals surface area contributed by atoms with E-state index in [1.165, 1.54) is 6.07 Å². The molecule has 2 nitrogen and oxygen atoms in total. The van der Waals surface area contributed by atoms with Gasteiger partial charge < -0.3 is 9.73 Å². The Bertz CT molecular complexity index is 533. The Hall–Kier alpha value is -1.61. The van der Waals surface area contributed by atoms with Gasteiger partial charge in [0.05, 0.1) is 12.3 Å². The Morgan fingerprint density at radius 3 is 2.56 bits per heavy atom. The van der Waals surface area contributed by atoms with Crippen LogP contribution in [0.4, 0.5) is 4.39 Å². The average Bonchev–Trinajstić information content (AvgIpc) is 2.73. The van der Waals surface area contributed by atoms with Crippen LogP contribution in [0.1, 0.15) is 35.4 Å². The van der Waals surface area contributed by atoms with Crippen LogP contribution in [0, 0.1) is 19.7 Å². The third-order valence-corrected chi connectivity index (χ3v) is 3.16. The van der Waals surface area contributed by atoms with Crippen LogP contribution in [0.3, 0.4) is 0 Å². The molecule has 0 spiro atoms. The van der Waals surface area contributed by atoms with Gasteiger partial charge in [0.1, 0.15) is 11.6 Å². The lowest BCUT2D eigenvalue weighted by Crippen LogP contribution is -2.23. The molecule has 0 aliphatic carbocycles. The molecule has 1 unspecified atom stereocenters. The summed E-state index contributed by atoms with van der Waals surface area (Å²) < 4.78 is 18.5. The zero-order valence-electron chi connectivity index (χ0n) is 11.0. The van der Waals surface area contributed by atoms with E-state index >= 15 is 0 Å². The summed E-state index contributed by atoms with van der Waals surface area (Å²) in [7, 11) is 0. The number of halogens is 1. The molecule has 0 fully saturated rings. The largest absolute Gasteiger partial charge is 0.469 e. The molecule has 1 heterocycles. The minimum Gasteiger partial charge on any atom is -0.469 e. The van der Waals surface area contributed by atoms with Crippen molar-refractivity contribution in [3.05, 3.63) is 58.8 Å². The van der Waals surface area contributed by atoms with Crippen LogP contribution in [0.5, 0.6) is 0 Å². The topological polar surface area (TPSA) is 25.2 Å². The summed E-state index contributed by atoms with van der Waals surface area (Å²) in [5, 5.41) is 3.42. The maximum absolute atomic E-state index is 13.2. The first-order valence-corrected chi connectivity index (χ1v) is 6.17. The summed E-state index contributed by atoms with van der Waals surface area (Å²) in [6.07, 6.45) is 1.69. The highest BCUT2D eigenvalue weighted by atomic mass is 19.1. The van der Waals surface area contributed by atoms with Gasteiger partial charge in [-0.3, -0.25) is 0 Å². The SMILES string of the molecule is CCNC(c1ccc(F)cc1C)c1ccoc1C. The molecule has 18 heavy (non-hydrogen) atoms. The van der Waals surface area contributed by atoms with E-state index in [1.54, 1.807) is 12.3 Å². The molecule has 1 N–H and O–H groups in total. The van der Waals surface area contributed by atoms with E-state index in [9.17, 15) is 4.39 Å². The van der Waals surface area contributed by atoms with Crippen LogP contribution < -0.4 is 5.32 Å². The van der Waals surface area contributed by atoms with E-state index in [2.05, 4.69) is 12.2 Å². The second-order valence-corrected chi connectivity index (χ2v) is 4.42. The molecular weight excluding hydrogens is 229 g/mol. The minimum absolute atomic E-state index is 0.0503. The molecule has 0 aliphatic heterocycles. The molecule has 0 bridgehead atoms. The summed E-state index contributed by atoms with van der Waals surface area (Å²) >= 11 is 0. The van der Waals surface area contributed by atoms with E-state index < -0.39 is 0 Å². The fourth-order valence-electron chi connectivity index (χ4n) is 2.25. The van der Waals surface area contributed by atoms with Gasteiger partial charge >= 0.3 is 0 Å². The second kappa shape index (κ2) is 5.36. The highest BCUT2D eigenvalue weighted by Crippen LogP contribution is 2.28. The molecule has 0 aliphatic rings. The lowest BCUT2D eigenvalue weighted by atomic mass is 9.95. The van der Waals surface area contributed by atoms with E-state index in [4.69, 9.17) is 4.42 Å². The van der Waals surface area contributed by atoms with Crippen molar-refractivity contribution in [2.24, 2.45) is 0 Å². The van der Waals surface area contributed by atoms with Crippen molar-refractivity contribution in [2.45, 2.75) is 26.8 Å². The standard InChI is InChI=1S/C15H18FNO/c1-4-17-15(14-7-8-18-11(14)3)13-6-5-12(16)9-10(13)2/h5-9,15,17H,4H2,1-3H3. The number of hydrogen-bond donors (Lipinski definition) is 1. The van der Waals surface area contributed by atoms with Crippen LogP contribution >= 0.6 is 0 Å². The Labute approximate surface area is 107 Å². The average molecular weight is 247 g/mol. The summed E-state index contributed by atoms with van der Waals surface area (Å²) in [5.41, 5.74) is 3.14. The van der Waals surface area contributed by atoms with Gasteiger partial charge in [0, 0.05) is 5.56 Å². The van der Waals surface area contributed by atoms with Gasteiger partial charge in [-0.15, -0.1) is 0 Å². The summed E-state index contributed by atoms with van der Waals surface area (Å²) in [6, 6.07) is 6.92. The van der Waals surface area contributed by atoms with Crippen molar-refractivity contribution in [2.75, 3.05) is 6.54 Å². The van der Waals surface area contributed by atoms with Crippen molar-refractivity contribution >= 4 is 0 Å². The smallest absolute Gasteiger partial charge is 0.123 e. The molecule has 0 saturated carbocycles. The highest BCUT2D eigenvalue weighted by molar-refractivity contribution is 5.37. The third kappa shape index (κ3) is 2.46. The lowest BCUT2D eigenvalue weighted by molar-refractivity contribution is 0.519. The van der Waals surface area contributed by atoms with Crippen LogP contribution in [-0.2, 0) is 0 Å². The summed E-state index contributed by atoms with van der Waals surface area (Å²) in [4.78, 5) is 0. The van der Waals surface area contributed by atoms with Crippen LogP contribution in [-0.4, -0.2) is 6.54 Å². The van der Waals surface area contributed by atoms with E-state index in [-0.39, 0.29) is 11.9 Å². The quantitative estimate of drug-likeness (QED) is 0.890. The monoisotopic (exact) mass is 247 g/mol. The number of furan rings is 1. The minimum atomic E-state index is -0.199. The number of nitrogens with one attached hydrogen (secondary N) is 1. The molecule has 2 aromatic rings. The highest BCUT2D eigenvalue weighted by Gasteiger charge is 2.18. The molecular formula is C15H18FNO. The van der Waals surface area contributed by atoms with Gasteiger partial charge in [0.2, 0.25) is 0 Å². The molecule has 3 heteroatoms. The predicted octanol–water partition coefficient (Wildman–Crippen LogP) is 3.73. The lowest BCUT2D eigenvalue weighted by Gasteiger charge is -2.20. The van der Waals surface area contributed by atoms with E-state index in [0.717, 1.165) is 29.0 Å². The van der Waals surface area contributed by atoms with E-state index in [1.807, 2.05) is 26.0 Å².